The molecule has 0 aliphatic carbocycles. The van der Waals surface area contributed by atoms with E-state index >= 15 is 0 Å². The third-order valence-electron chi connectivity index (χ3n) is 4.15. The van der Waals surface area contributed by atoms with Crippen LogP contribution in [-0.2, 0) is 11.3 Å². The number of carbonyl (C=O) groups is 2. The van der Waals surface area contributed by atoms with Crippen LogP contribution >= 0.6 is 0 Å². The molecule has 0 unspecified atom stereocenters. The normalized spacial score (nSPS) is 10.4. The van der Waals surface area contributed by atoms with Crippen LogP contribution < -0.4 is 5.32 Å². The highest BCUT2D eigenvalue weighted by Crippen LogP contribution is 2.27. The lowest BCUT2D eigenvalue weighted by molar-refractivity contribution is -0.384. The van der Waals surface area contributed by atoms with Gasteiger partial charge in [-0.25, -0.2) is 4.79 Å². The number of ketones is 1. The Labute approximate surface area is 165 Å². The molecule has 1 aromatic heterocycles. The molecule has 0 saturated heterocycles. The number of nitrogens with one attached hydrogen (secondary N) is 1. The number of ether oxygens (including phenoxy) is 1. The highest BCUT2D eigenvalue weighted by atomic mass is 16.6. The van der Waals surface area contributed by atoms with E-state index in [-0.39, 0.29) is 34.7 Å². The molecule has 1 N–H and O–H groups in total. The molecule has 2 aromatic carbocycles. The third kappa shape index (κ3) is 4.29. The Morgan fingerprint density at radius 2 is 1.90 bits per heavy atom. The number of aryl methyl sites for hydroxylation is 1. The van der Waals surface area contributed by atoms with Gasteiger partial charge in [0.25, 0.3) is 5.69 Å². The van der Waals surface area contributed by atoms with Crippen molar-refractivity contribution in [2.75, 3.05) is 12.4 Å². The predicted octanol–water partition coefficient (Wildman–Crippen LogP) is 3.52. The van der Waals surface area contributed by atoms with Crippen molar-refractivity contribution in [1.29, 1.82) is 0 Å². The molecule has 9 nitrogen and oxygen atoms in total. The molecule has 1 heterocycles. The number of nitro groups is 1. The molecule has 0 fully saturated rings. The van der Waals surface area contributed by atoms with Crippen LogP contribution in [0.5, 0.6) is 0 Å². The smallest absolute Gasteiger partial charge is 0.339 e. The first kappa shape index (κ1) is 19.7. The van der Waals surface area contributed by atoms with Crippen molar-refractivity contribution >= 4 is 23.1 Å². The van der Waals surface area contributed by atoms with Crippen LogP contribution in [0, 0.1) is 17.0 Å². The van der Waals surface area contributed by atoms with Crippen molar-refractivity contribution in [3.05, 3.63) is 86.8 Å². The summed E-state index contributed by atoms with van der Waals surface area (Å²) in [6.07, 6.45) is 0. The molecule has 3 aromatic rings. The van der Waals surface area contributed by atoms with Crippen LogP contribution in [0.2, 0.25) is 0 Å². The number of anilines is 1. The van der Waals surface area contributed by atoms with Crippen LogP contribution in [0.4, 0.5) is 11.4 Å². The van der Waals surface area contributed by atoms with Crippen LogP contribution in [-0.4, -0.2) is 28.9 Å². The zero-order valence-electron chi connectivity index (χ0n) is 15.7. The molecule has 0 bridgehead atoms. The van der Waals surface area contributed by atoms with E-state index in [0.717, 1.165) is 0 Å². The van der Waals surface area contributed by atoms with Crippen molar-refractivity contribution in [2.45, 2.75) is 13.5 Å². The van der Waals surface area contributed by atoms with Crippen LogP contribution in [0.15, 0.2) is 53.1 Å². The number of hydrogen-bond donors (Lipinski definition) is 1. The van der Waals surface area contributed by atoms with Crippen LogP contribution in [0.25, 0.3) is 0 Å². The van der Waals surface area contributed by atoms with Gasteiger partial charge in [-0.2, -0.15) is 0 Å². The second-order valence-electron chi connectivity index (χ2n) is 6.12. The molecular formula is C20H17N3O6. The summed E-state index contributed by atoms with van der Waals surface area (Å²) < 4.78 is 10.1. The number of nitro benzene ring substituents is 1. The molecule has 0 amide bonds. The van der Waals surface area contributed by atoms with Gasteiger partial charge in [-0.15, -0.1) is 0 Å². The lowest BCUT2D eigenvalue weighted by Crippen LogP contribution is -2.13. The zero-order valence-corrected chi connectivity index (χ0v) is 15.7. The van der Waals surface area contributed by atoms with E-state index in [1.165, 1.54) is 30.3 Å². The molecule has 3 rings (SSSR count). The van der Waals surface area contributed by atoms with Gasteiger partial charge in [0.05, 0.1) is 10.5 Å². The number of aromatic nitrogens is 1. The number of esters is 1. The minimum Gasteiger partial charge on any atom is -0.455 e. The highest BCUT2D eigenvalue weighted by molar-refractivity contribution is 6.14. The van der Waals surface area contributed by atoms with Gasteiger partial charge >= 0.3 is 5.97 Å². The number of hydrogen-bond acceptors (Lipinski definition) is 8. The quantitative estimate of drug-likeness (QED) is 0.279. The van der Waals surface area contributed by atoms with Gasteiger partial charge < -0.3 is 14.6 Å². The molecule has 0 atom stereocenters. The van der Waals surface area contributed by atoms with Gasteiger partial charge in [-0.05, 0) is 25.1 Å². The topological polar surface area (TPSA) is 125 Å². The number of nitrogens with zero attached hydrogens (tertiary/aromatic N) is 2. The van der Waals surface area contributed by atoms with Gasteiger partial charge in [-0.3, -0.25) is 14.9 Å². The summed E-state index contributed by atoms with van der Waals surface area (Å²) in [6, 6.07) is 11.8. The standard InChI is InChI=1S/C20H17N3O6/c1-12-9-14(22-29-12)11-28-20(25)16-6-4-3-5-15(16)19(24)13-7-8-17(21-2)18(10-13)23(26)27/h3-10,21H,11H2,1-2H3. The average molecular weight is 395 g/mol. The second kappa shape index (κ2) is 8.34. The van der Waals surface area contributed by atoms with Gasteiger partial charge in [0.2, 0.25) is 0 Å². The monoisotopic (exact) mass is 395 g/mol. The van der Waals surface area contributed by atoms with Gasteiger partial charge in [-0.1, -0.05) is 23.4 Å². The number of carbonyl (C=O) groups excluding carboxylic acids is 2. The first-order valence-electron chi connectivity index (χ1n) is 8.60. The van der Waals surface area contributed by atoms with Gasteiger partial charge in [0.15, 0.2) is 5.78 Å². The van der Waals surface area contributed by atoms with E-state index in [0.29, 0.717) is 11.5 Å². The Bertz CT molecular complexity index is 1090. The number of benzene rings is 2. The third-order valence-corrected chi connectivity index (χ3v) is 4.15. The van der Waals surface area contributed by atoms with E-state index in [2.05, 4.69) is 10.5 Å². The minimum atomic E-state index is -0.712. The van der Waals surface area contributed by atoms with Gasteiger partial charge in [0, 0.05) is 30.3 Å². The largest absolute Gasteiger partial charge is 0.455 e. The van der Waals surface area contributed by atoms with Crippen LogP contribution in [0.1, 0.15) is 37.7 Å². The molecule has 0 spiro atoms. The molecule has 0 saturated carbocycles. The van der Waals surface area contributed by atoms with E-state index in [9.17, 15) is 19.7 Å². The fraction of sp³-hybridized carbons (Fsp3) is 0.150. The summed E-state index contributed by atoms with van der Waals surface area (Å²) in [5.74, 6) is -0.658. The summed E-state index contributed by atoms with van der Waals surface area (Å²) in [6.45, 7) is 1.60. The highest BCUT2D eigenvalue weighted by Gasteiger charge is 2.22. The SMILES string of the molecule is CNc1ccc(C(=O)c2ccccc2C(=O)OCc2cc(C)on2)cc1[N+](=O)[O-]. The summed E-state index contributed by atoms with van der Waals surface area (Å²) >= 11 is 0. The second-order valence-corrected chi connectivity index (χ2v) is 6.12. The van der Waals surface area contributed by atoms with Crippen LogP contribution in [0.3, 0.4) is 0 Å². The molecule has 148 valence electrons. The molecule has 29 heavy (non-hydrogen) atoms. The van der Waals surface area contributed by atoms with Crippen molar-refractivity contribution in [2.24, 2.45) is 0 Å². The number of rotatable bonds is 7. The maximum atomic E-state index is 12.9. The van der Waals surface area contributed by atoms with E-state index in [1.54, 1.807) is 32.2 Å². The molecule has 9 heteroatoms. The van der Waals surface area contributed by atoms with Crippen molar-refractivity contribution < 1.29 is 23.8 Å². The minimum absolute atomic E-state index is 0.0538. The predicted molar refractivity (Wildman–Crippen MR) is 103 cm³/mol. The molecule has 0 aliphatic heterocycles. The first-order chi connectivity index (χ1) is 13.9. The van der Waals surface area contributed by atoms with Crippen molar-refractivity contribution in [1.82, 2.24) is 5.16 Å². The lowest BCUT2D eigenvalue weighted by Gasteiger charge is -2.09. The van der Waals surface area contributed by atoms with Gasteiger partial charge in [0.1, 0.15) is 23.7 Å². The fourth-order valence-corrected chi connectivity index (χ4v) is 2.75. The molecule has 0 radical (unpaired) electrons. The van der Waals surface area contributed by atoms with Crippen molar-refractivity contribution in [3.8, 4) is 0 Å². The Kier molecular flexibility index (Phi) is 5.68. The van der Waals surface area contributed by atoms with E-state index in [4.69, 9.17) is 9.26 Å². The zero-order chi connectivity index (χ0) is 21.0. The fourth-order valence-electron chi connectivity index (χ4n) is 2.75. The van der Waals surface area contributed by atoms with Crippen molar-refractivity contribution in [3.63, 3.8) is 0 Å². The summed E-state index contributed by atoms with van der Waals surface area (Å²) in [7, 11) is 1.55. The summed E-state index contributed by atoms with van der Waals surface area (Å²) in [4.78, 5) is 36.1. The lowest BCUT2D eigenvalue weighted by atomic mass is 9.97. The Balaban J connectivity index is 1.88. The van der Waals surface area contributed by atoms with E-state index in [1.807, 2.05) is 0 Å². The average Bonchev–Trinajstić information content (AvgIpc) is 3.16. The Morgan fingerprint density at radius 3 is 2.52 bits per heavy atom. The molecule has 0 aliphatic rings. The van der Waals surface area contributed by atoms with E-state index < -0.39 is 16.7 Å². The molecular weight excluding hydrogens is 378 g/mol. The Hall–Kier alpha value is -4.01. The Morgan fingerprint density at radius 1 is 1.17 bits per heavy atom. The maximum absolute atomic E-state index is 12.9. The summed E-state index contributed by atoms with van der Waals surface area (Å²) in [5, 5.41) is 17.7. The summed E-state index contributed by atoms with van der Waals surface area (Å²) in [5.41, 5.74) is 0.710. The maximum Gasteiger partial charge on any atom is 0.339 e. The first-order valence-corrected chi connectivity index (χ1v) is 8.60.